The predicted octanol–water partition coefficient (Wildman–Crippen LogP) is 3.31. The molecule has 2 aromatic heterocycles. The summed E-state index contributed by atoms with van der Waals surface area (Å²) in [6.45, 7) is 3.21. The first-order valence-electron chi connectivity index (χ1n) is 7.25. The number of halogens is 2. The smallest absolute Gasteiger partial charge is 0.246 e. The number of furan rings is 1. The molecule has 9 heteroatoms. The summed E-state index contributed by atoms with van der Waals surface area (Å²) in [5, 5.41) is 3.82. The number of aryl methyl sites for hydroxylation is 2. The highest BCUT2D eigenvalue weighted by Crippen LogP contribution is 2.28. The van der Waals surface area contributed by atoms with E-state index in [2.05, 4.69) is 9.88 Å². The van der Waals surface area contributed by atoms with Crippen LogP contribution in [0.5, 0.6) is 0 Å². The highest BCUT2D eigenvalue weighted by atomic mass is 32.2. The van der Waals surface area contributed by atoms with Gasteiger partial charge < -0.3 is 8.94 Å². The van der Waals surface area contributed by atoms with Gasteiger partial charge in [0, 0.05) is 0 Å². The Kier molecular flexibility index (Phi) is 4.44. The number of nitrogens with one attached hydrogen (secondary N) is 1. The highest BCUT2D eigenvalue weighted by molar-refractivity contribution is 7.89. The summed E-state index contributed by atoms with van der Waals surface area (Å²) in [6, 6.07) is 6.04. The Hall–Kier alpha value is -2.52. The van der Waals surface area contributed by atoms with E-state index >= 15 is 0 Å². The van der Waals surface area contributed by atoms with Gasteiger partial charge in [-0.2, -0.15) is 0 Å². The van der Waals surface area contributed by atoms with Crippen LogP contribution in [-0.2, 0) is 16.6 Å². The molecule has 3 aromatic rings. The van der Waals surface area contributed by atoms with E-state index in [1.54, 1.807) is 26.0 Å². The lowest BCUT2D eigenvalue weighted by Gasteiger charge is -2.07. The summed E-state index contributed by atoms with van der Waals surface area (Å²) >= 11 is 0. The molecule has 0 aliphatic heterocycles. The van der Waals surface area contributed by atoms with Crippen molar-refractivity contribution in [2.24, 2.45) is 0 Å². The van der Waals surface area contributed by atoms with Crippen molar-refractivity contribution in [3.05, 3.63) is 59.2 Å². The first kappa shape index (κ1) is 17.3. The number of sulfonamides is 1. The Balaban J connectivity index is 1.81. The minimum Gasteiger partial charge on any atom is -0.459 e. The SMILES string of the molecule is Cc1noc(C)c1-c1ccc(CNS(=O)(=O)c2c(F)cccc2F)o1. The van der Waals surface area contributed by atoms with Gasteiger partial charge in [-0.1, -0.05) is 11.2 Å². The quantitative estimate of drug-likeness (QED) is 0.747. The average Bonchev–Trinajstić information content (AvgIpc) is 3.11. The standard InChI is InChI=1S/C16H14F2N2O4S/c1-9-15(10(2)24-20-9)14-7-6-11(23-14)8-19-25(21,22)16-12(17)4-3-5-13(16)18/h3-7,19H,8H2,1-2H3. The molecule has 0 unspecified atom stereocenters. The van der Waals surface area contributed by atoms with Gasteiger partial charge in [0.25, 0.3) is 0 Å². The van der Waals surface area contributed by atoms with Crippen LogP contribution in [0.4, 0.5) is 8.78 Å². The van der Waals surface area contributed by atoms with Gasteiger partial charge >= 0.3 is 0 Å². The summed E-state index contributed by atoms with van der Waals surface area (Å²) in [7, 11) is -4.37. The van der Waals surface area contributed by atoms with Crippen molar-refractivity contribution in [2.45, 2.75) is 25.3 Å². The van der Waals surface area contributed by atoms with Crippen LogP contribution in [0.2, 0.25) is 0 Å². The van der Waals surface area contributed by atoms with Crippen LogP contribution in [0.25, 0.3) is 11.3 Å². The van der Waals surface area contributed by atoms with E-state index < -0.39 is 26.6 Å². The molecule has 0 radical (unpaired) electrons. The number of hydrogen-bond acceptors (Lipinski definition) is 5. The number of aromatic nitrogens is 1. The molecule has 0 spiro atoms. The zero-order valence-corrected chi connectivity index (χ0v) is 14.2. The molecule has 0 saturated heterocycles. The maximum absolute atomic E-state index is 13.7. The van der Waals surface area contributed by atoms with Crippen LogP contribution in [0.15, 0.2) is 44.2 Å². The zero-order valence-electron chi connectivity index (χ0n) is 13.3. The maximum Gasteiger partial charge on any atom is 0.246 e. The van der Waals surface area contributed by atoms with E-state index in [1.807, 2.05) is 0 Å². The molecular weight excluding hydrogens is 354 g/mol. The Morgan fingerprint density at radius 2 is 1.80 bits per heavy atom. The minimum absolute atomic E-state index is 0.264. The van der Waals surface area contributed by atoms with Crippen molar-refractivity contribution in [3.8, 4) is 11.3 Å². The van der Waals surface area contributed by atoms with Crippen molar-refractivity contribution in [3.63, 3.8) is 0 Å². The monoisotopic (exact) mass is 368 g/mol. The molecule has 2 heterocycles. The van der Waals surface area contributed by atoms with Gasteiger partial charge in [-0.25, -0.2) is 21.9 Å². The molecule has 1 N–H and O–H groups in total. The average molecular weight is 368 g/mol. The molecule has 0 aliphatic rings. The van der Waals surface area contributed by atoms with E-state index in [-0.39, 0.29) is 12.3 Å². The predicted molar refractivity (Wildman–Crippen MR) is 84.1 cm³/mol. The summed E-state index contributed by atoms with van der Waals surface area (Å²) < 4.78 is 64.3. The largest absolute Gasteiger partial charge is 0.459 e. The van der Waals surface area contributed by atoms with Crippen molar-refractivity contribution in [1.82, 2.24) is 9.88 Å². The lowest BCUT2D eigenvalue weighted by molar-refractivity contribution is 0.393. The second-order valence-electron chi connectivity index (χ2n) is 5.34. The third-order valence-electron chi connectivity index (χ3n) is 3.57. The fourth-order valence-corrected chi connectivity index (χ4v) is 3.55. The first-order valence-corrected chi connectivity index (χ1v) is 8.73. The third-order valence-corrected chi connectivity index (χ3v) is 5.02. The molecule has 3 rings (SSSR count). The Labute approximate surface area is 142 Å². The van der Waals surface area contributed by atoms with E-state index in [0.29, 0.717) is 22.8 Å². The highest BCUT2D eigenvalue weighted by Gasteiger charge is 2.24. The van der Waals surface area contributed by atoms with Gasteiger partial charge in [0.05, 0.1) is 17.8 Å². The van der Waals surface area contributed by atoms with Gasteiger partial charge in [-0.05, 0) is 38.1 Å². The summed E-state index contributed by atoms with van der Waals surface area (Å²) in [4.78, 5) is -1.02. The molecule has 0 amide bonds. The fourth-order valence-electron chi connectivity index (χ4n) is 2.42. The van der Waals surface area contributed by atoms with Crippen molar-refractivity contribution >= 4 is 10.0 Å². The van der Waals surface area contributed by atoms with Crippen LogP contribution in [0, 0.1) is 25.5 Å². The Morgan fingerprint density at radius 1 is 1.12 bits per heavy atom. The fraction of sp³-hybridized carbons (Fsp3) is 0.188. The van der Waals surface area contributed by atoms with Gasteiger partial charge in [-0.3, -0.25) is 0 Å². The molecule has 0 atom stereocenters. The van der Waals surface area contributed by atoms with E-state index in [0.717, 1.165) is 18.2 Å². The van der Waals surface area contributed by atoms with Gasteiger partial charge in [0.15, 0.2) is 4.90 Å². The molecule has 1 aromatic carbocycles. The van der Waals surface area contributed by atoms with Crippen molar-refractivity contribution in [1.29, 1.82) is 0 Å². The van der Waals surface area contributed by atoms with Crippen LogP contribution in [-0.4, -0.2) is 13.6 Å². The van der Waals surface area contributed by atoms with Crippen LogP contribution < -0.4 is 4.72 Å². The second kappa shape index (κ2) is 6.41. The van der Waals surface area contributed by atoms with Gasteiger partial charge in [0.1, 0.15) is 28.9 Å². The van der Waals surface area contributed by atoms with E-state index in [9.17, 15) is 17.2 Å². The second-order valence-corrected chi connectivity index (χ2v) is 7.04. The third kappa shape index (κ3) is 3.33. The Bertz CT molecular complexity index is 985. The summed E-state index contributed by atoms with van der Waals surface area (Å²) in [5.41, 5.74) is 1.31. The maximum atomic E-state index is 13.7. The van der Waals surface area contributed by atoms with E-state index in [1.165, 1.54) is 0 Å². The number of hydrogen-bond donors (Lipinski definition) is 1. The molecule has 0 saturated carbocycles. The summed E-state index contributed by atoms with van der Waals surface area (Å²) in [5.74, 6) is -1.03. The molecule has 0 bridgehead atoms. The van der Waals surface area contributed by atoms with Crippen molar-refractivity contribution < 1.29 is 26.1 Å². The molecule has 6 nitrogen and oxygen atoms in total. The van der Waals surface area contributed by atoms with Crippen molar-refractivity contribution in [2.75, 3.05) is 0 Å². The molecule has 25 heavy (non-hydrogen) atoms. The van der Waals surface area contributed by atoms with E-state index in [4.69, 9.17) is 8.94 Å². The number of nitrogens with zero attached hydrogens (tertiary/aromatic N) is 1. The minimum atomic E-state index is -4.37. The molecule has 132 valence electrons. The molecule has 0 aliphatic carbocycles. The lowest BCUT2D eigenvalue weighted by atomic mass is 10.1. The topological polar surface area (TPSA) is 85.3 Å². The number of benzene rings is 1. The number of rotatable bonds is 5. The lowest BCUT2D eigenvalue weighted by Crippen LogP contribution is -2.25. The molecular formula is C16H14F2N2O4S. The van der Waals surface area contributed by atoms with Crippen LogP contribution in [0.1, 0.15) is 17.2 Å². The van der Waals surface area contributed by atoms with Gasteiger partial charge in [-0.15, -0.1) is 0 Å². The van der Waals surface area contributed by atoms with Gasteiger partial charge in [0.2, 0.25) is 10.0 Å². The molecule has 0 fully saturated rings. The van der Waals surface area contributed by atoms with Crippen LogP contribution in [0.3, 0.4) is 0 Å². The Morgan fingerprint density at radius 3 is 2.40 bits per heavy atom. The van der Waals surface area contributed by atoms with Crippen LogP contribution >= 0.6 is 0 Å². The summed E-state index contributed by atoms with van der Waals surface area (Å²) in [6.07, 6.45) is 0. The zero-order chi connectivity index (χ0) is 18.2. The first-order chi connectivity index (χ1) is 11.8. The normalized spacial score (nSPS) is 11.8.